The normalized spacial score (nSPS) is 37.0. The summed E-state index contributed by atoms with van der Waals surface area (Å²) in [4.78, 5) is 12.8. The second kappa shape index (κ2) is 5.90. The van der Waals surface area contributed by atoms with Crippen molar-refractivity contribution in [1.82, 2.24) is 0 Å². The zero-order valence-corrected chi connectivity index (χ0v) is 15.1. The number of carbonyl (C=O) groups excluding carboxylic acids is 1. The molecule has 2 N–H and O–H groups in total. The van der Waals surface area contributed by atoms with E-state index in [-0.39, 0.29) is 5.75 Å². The van der Waals surface area contributed by atoms with Crippen molar-refractivity contribution in [2.75, 3.05) is 5.32 Å². The molecule has 0 unspecified atom stereocenters. The van der Waals surface area contributed by atoms with Crippen LogP contribution in [0.4, 0.5) is 5.69 Å². The van der Waals surface area contributed by atoms with Gasteiger partial charge in [0, 0.05) is 0 Å². The smallest absolute Gasteiger partial charge is 0.256 e. The van der Waals surface area contributed by atoms with E-state index in [0.717, 1.165) is 0 Å². The number of hydrogen-bond donors (Lipinski definition) is 2. The van der Waals surface area contributed by atoms with Crippen LogP contribution in [0.5, 0.6) is 5.75 Å². The van der Waals surface area contributed by atoms with Crippen LogP contribution in [-0.4, -0.2) is 53.3 Å². The highest BCUT2D eigenvalue weighted by Crippen LogP contribution is 2.44. The molecular weight excluding hydrogens is 342 g/mol. The second-order valence-corrected chi connectivity index (χ2v) is 7.60. The van der Waals surface area contributed by atoms with E-state index < -0.39 is 48.2 Å². The fourth-order valence-electron chi connectivity index (χ4n) is 3.61. The highest BCUT2D eigenvalue weighted by molar-refractivity contribution is 5.96. The van der Waals surface area contributed by atoms with E-state index >= 15 is 0 Å². The van der Waals surface area contributed by atoms with Gasteiger partial charge in [-0.05, 0) is 39.8 Å². The molecule has 3 heterocycles. The Morgan fingerprint density at radius 3 is 2.31 bits per heavy atom. The van der Waals surface area contributed by atoms with Gasteiger partial charge in [0.25, 0.3) is 5.91 Å². The van der Waals surface area contributed by atoms with Crippen molar-refractivity contribution >= 4 is 11.6 Å². The van der Waals surface area contributed by atoms with Crippen LogP contribution in [0.1, 0.15) is 27.7 Å². The third-order valence-corrected chi connectivity index (χ3v) is 4.57. The van der Waals surface area contributed by atoms with Crippen molar-refractivity contribution in [2.45, 2.75) is 70.0 Å². The van der Waals surface area contributed by atoms with E-state index in [4.69, 9.17) is 23.7 Å². The Morgan fingerprint density at radius 2 is 1.58 bits per heavy atom. The van der Waals surface area contributed by atoms with Crippen molar-refractivity contribution in [3.63, 3.8) is 0 Å². The highest BCUT2D eigenvalue weighted by Gasteiger charge is 2.62. The number of ether oxygens (including phenoxy) is 5. The van der Waals surface area contributed by atoms with Gasteiger partial charge in [-0.2, -0.15) is 0 Å². The number of fused-ring (bicyclic) bond motifs is 3. The van der Waals surface area contributed by atoms with E-state index in [1.54, 1.807) is 45.9 Å². The van der Waals surface area contributed by atoms with E-state index in [1.165, 1.54) is 6.07 Å². The van der Waals surface area contributed by atoms with E-state index in [2.05, 4.69) is 5.32 Å². The largest absolute Gasteiger partial charge is 0.506 e. The Balaban J connectivity index is 1.59. The number of nitrogens with one attached hydrogen (secondary N) is 1. The summed E-state index contributed by atoms with van der Waals surface area (Å²) in [7, 11) is 0. The van der Waals surface area contributed by atoms with E-state index in [0.29, 0.717) is 5.69 Å². The first-order chi connectivity index (χ1) is 12.2. The minimum Gasteiger partial charge on any atom is -0.506 e. The highest BCUT2D eigenvalue weighted by atomic mass is 16.9. The molecule has 0 radical (unpaired) electrons. The molecule has 0 spiro atoms. The van der Waals surface area contributed by atoms with E-state index in [9.17, 15) is 9.90 Å². The number of phenols is 1. The average molecular weight is 365 g/mol. The molecule has 26 heavy (non-hydrogen) atoms. The Bertz CT molecular complexity index is 719. The molecule has 0 bridgehead atoms. The maximum atomic E-state index is 12.8. The van der Waals surface area contributed by atoms with Gasteiger partial charge in [-0.25, -0.2) is 0 Å². The molecular formula is C18H23NO7. The summed E-state index contributed by atoms with van der Waals surface area (Å²) in [6.45, 7) is 7.11. The van der Waals surface area contributed by atoms with Crippen molar-refractivity contribution in [2.24, 2.45) is 0 Å². The molecule has 0 saturated carbocycles. The van der Waals surface area contributed by atoms with Crippen molar-refractivity contribution in [3.8, 4) is 5.75 Å². The number of aromatic hydroxyl groups is 1. The van der Waals surface area contributed by atoms with Crippen LogP contribution in [0.15, 0.2) is 24.3 Å². The van der Waals surface area contributed by atoms with Gasteiger partial charge in [0.15, 0.2) is 24.0 Å². The number of benzene rings is 1. The maximum absolute atomic E-state index is 12.8. The minimum atomic E-state index is -0.972. The summed E-state index contributed by atoms with van der Waals surface area (Å²) in [6, 6.07) is 6.48. The topological polar surface area (TPSA) is 95.5 Å². The van der Waals surface area contributed by atoms with Gasteiger partial charge in [-0.3, -0.25) is 4.79 Å². The third-order valence-electron chi connectivity index (χ3n) is 4.57. The molecule has 142 valence electrons. The fraction of sp³-hybridized carbons (Fsp3) is 0.611. The van der Waals surface area contributed by atoms with Crippen LogP contribution in [0.3, 0.4) is 0 Å². The minimum absolute atomic E-state index is 0.0309. The molecule has 0 aliphatic carbocycles. The number of para-hydroxylation sites is 2. The zero-order valence-electron chi connectivity index (χ0n) is 15.1. The molecule has 3 aliphatic rings. The average Bonchev–Trinajstić information content (AvgIpc) is 3.02. The molecule has 0 aromatic heterocycles. The number of anilines is 1. The summed E-state index contributed by atoms with van der Waals surface area (Å²) < 4.78 is 29.5. The van der Waals surface area contributed by atoms with Gasteiger partial charge in [0.05, 0.1) is 5.69 Å². The molecule has 4 rings (SSSR count). The first-order valence-corrected chi connectivity index (χ1v) is 8.61. The van der Waals surface area contributed by atoms with Gasteiger partial charge in [0.2, 0.25) is 0 Å². The van der Waals surface area contributed by atoms with Crippen LogP contribution in [0, 0.1) is 0 Å². The Kier molecular flexibility index (Phi) is 4.01. The molecule has 8 nitrogen and oxygen atoms in total. The predicted molar refractivity (Wildman–Crippen MR) is 89.3 cm³/mol. The summed E-state index contributed by atoms with van der Waals surface area (Å²) in [6.07, 6.45) is -3.38. The van der Waals surface area contributed by atoms with Crippen molar-refractivity contribution < 1.29 is 33.6 Å². The summed E-state index contributed by atoms with van der Waals surface area (Å²) in [5.74, 6) is -2.21. The second-order valence-electron chi connectivity index (χ2n) is 7.60. The summed E-state index contributed by atoms with van der Waals surface area (Å²) >= 11 is 0. The number of amides is 1. The molecule has 1 aromatic carbocycles. The van der Waals surface area contributed by atoms with Gasteiger partial charge >= 0.3 is 0 Å². The molecule has 3 fully saturated rings. The lowest BCUT2D eigenvalue weighted by Crippen LogP contribution is -2.58. The molecule has 1 aromatic rings. The van der Waals surface area contributed by atoms with Gasteiger partial charge in [0.1, 0.15) is 24.1 Å². The van der Waals surface area contributed by atoms with E-state index in [1.807, 2.05) is 0 Å². The fourth-order valence-corrected chi connectivity index (χ4v) is 3.61. The van der Waals surface area contributed by atoms with Gasteiger partial charge < -0.3 is 34.1 Å². The molecule has 5 atom stereocenters. The molecule has 3 saturated heterocycles. The Labute approximate surface area is 151 Å². The lowest BCUT2D eigenvalue weighted by molar-refractivity contribution is -0.229. The Hall–Kier alpha value is -1.71. The molecule has 8 heteroatoms. The lowest BCUT2D eigenvalue weighted by Gasteiger charge is -2.36. The SMILES string of the molecule is CC1(C)O[C@H]2[C@@H](O1)[C@H](C(=O)Nc1ccccc1O)O[C@@H]1OC(C)(C)O[C@@H]12. The van der Waals surface area contributed by atoms with Crippen molar-refractivity contribution in [3.05, 3.63) is 24.3 Å². The summed E-state index contributed by atoms with van der Waals surface area (Å²) in [5, 5.41) is 12.6. The predicted octanol–water partition coefficient (Wildman–Crippen LogP) is 1.73. The van der Waals surface area contributed by atoms with Crippen LogP contribution in [0.2, 0.25) is 0 Å². The molecule has 3 aliphatic heterocycles. The van der Waals surface area contributed by atoms with Crippen LogP contribution in [-0.2, 0) is 28.5 Å². The number of carbonyl (C=O) groups is 1. The van der Waals surface area contributed by atoms with Crippen molar-refractivity contribution in [1.29, 1.82) is 0 Å². The lowest BCUT2D eigenvalue weighted by atomic mass is 9.98. The monoisotopic (exact) mass is 365 g/mol. The summed E-state index contributed by atoms with van der Waals surface area (Å²) in [5.41, 5.74) is 0.293. The number of hydrogen-bond acceptors (Lipinski definition) is 7. The van der Waals surface area contributed by atoms with Crippen LogP contribution >= 0.6 is 0 Å². The third kappa shape index (κ3) is 3.08. The quantitative estimate of drug-likeness (QED) is 0.771. The van der Waals surface area contributed by atoms with Crippen LogP contribution in [0.25, 0.3) is 0 Å². The first-order valence-electron chi connectivity index (χ1n) is 8.61. The van der Waals surface area contributed by atoms with Gasteiger partial charge in [-0.15, -0.1) is 0 Å². The van der Waals surface area contributed by atoms with Gasteiger partial charge in [-0.1, -0.05) is 12.1 Å². The Morgan fingerprint density at radius 1 is 0.962 bits per heavy atom. The maximum Gasteiger partial charge on any atom is 0.256 e. The first kappa shape index (κ1) is 17.7. The standard InChI is InChI=1S/C18H23NO7/c1-17(2)23-11-12(24-17)14-16(26-18(3,4)25-14)22-13(11)15(21)19-9-7-5-6-8-10(9)20/h5-8,11-14,16,20H,1-4H3,(H,19,21)/t11-,12+,13-,14-,16-/m1/s1. The number of rotatable bonds is 2. The van der Waals surface area contributed by atoms with Crippen LogP contribution < -0.4 is 5.32 Å². The molecule has 1 amide bonds. The number of phenolic OH excluding ortho intramolecular Hbond substituents is 1. The zero-order chi connectivity index (χ0) is 18.7.